The highest BCUT2D eigenvalue weighted by Crippen LogP contribution is 2.26. The summed E-state index contributed by atoms with van der Waals surface area (Å²) in [5.74, 6) is -1.03. The van der Waals surface area contributed by atoms with E-state index in [2.05, 4.69) is 5.32 Å². The third-order valence-corrected chi connectivity index (χ3v) is 4.33. The molecule has 2 aromatic carbocycles. The Morgan fingerprint density at radius 3 is 2.45 bits per heavy atom. The number of ketones is 1. The topological polar surface area (TPSA) is 125 Å². The number of nitro benzene ring substituents is 1. The Morgan fingerprint density at radius 1 is 1.10 bits per heavy atom. The van der Waals surface area contributed by atoms with Crippen LogP contribution in [-0.2, 0) is 14.3 Å². The number of hydrogen-bond donors (Lipinski definition) is 1. The molecule has 0 spiro atoms. The zero-order valence-electron chi connectivity index (χ0n) is 16.8. The molecule has 0 bridgehead atoms. The summed E-state index contributed by atoms with van der Waals surface area (Å²) in [6.45, 7) is 1.96. The van der Waals surface area contributed by atoms with Crippen LogP contribution < -0.4 is 10.1 Å². The lowest BCUT2D eigenvalue weighted by Crippen LogP contribution is -2.21. The summed E-state index contributed by atoms with van der Waals surface area (Å²) < 4.78 is 10.3. The van der Waals surface area contributed by atoms with Gasteiger partial charge in [-0.25, -0.2) is 0 Å². The van der Waals surface area contributed by atoms with Crippen LogP contribution in [0.25, 0.3) is 0 Å². The number of rotatable bonds is 11. The SMILES string of the molecule is CCCOc1ccc(C(=O)CCC(=O)OCC(=O)Nc2cc([N+](=O)[O-])ccc2Cl)cc1. The lowest BCUT2D eigenvalue weighted by Gasteiger charge is -2.08. The molecular weight excluding hydrogens is 428 g/mol. The number of esters is 1. The molecule has 0 aliphatic carbocycles. The lowest BCUT2D eigenvalue weighted by atomic mass is 10.1. The van der Waals surface area contributed by atoms with Crippen LogP contribution in [0, 0.1) is 10.1 Å². The van der Waals surface area contributed by atoms with Crippen LogP contribution in [0.2, 0.25) is 5.02 Å². The molecule has 1 N–H and O–H groups in total. The van der Waals surface area contributed by atoms with Gasteiger partial charge in [0.15, 0.2) is 12.4 Å². The van der Waals surface area contributed by atoms with Crippen molar-refractivity contribution < 1.29 is 28.8 Å². The van der Waals surface area contributed by atoms with Gasteiger partial charge in [0.05, 0.1) is 28.7 Å². The molecule has 2 aromatic rings. The van der Waals surface area contributed by atoms with E-state index in [9.17, 15) is 24.5 Å². The normalized spacial score (nSPS) is 10.3. The molecule has 9 nitrogen and oxygen atoms in total. The van der Waals surface area contributed by atoms with Gasteiger partial charge >= 0.3 is 5.97 Å². The minimum Gasteiger partial charge on any atom is -0.494 e. The summed E-state index contributed by atoms with van der Waals surface area (Å²) in [4.78, 5) is 46.1. The summed E-state index contributed by atoms with van der Waals surface area (Å²) in [5.41, 5.74) is 0.216. The standard InChI is InChI=1S/C21H21ClN2O7/c1-2-11-30-16-6-3-14(4-7-16)19(25)9-10-21(27)31-13-20(26)23-18-12-15(24(28)29)5-8-17(18)22/h3-8,12H,2,9-11,13H2,1H3,(H,23,26). The van der Waals surface area contributed by atoms with Crippen LogP contribution in [-0.4, -0.2) is 35.8 Å². The Morgan fingerprint density at radius 2 is 1.81 bits per heavy atom. The number of non-ortho nitro benzene ring substituents is 1. The van der Waals surface area contributed by atoms with Gasteiger partial charge in [0, 0.05) is 24.1 Å². The van der Waals surface area contributed by atoms with E-state index < -0.39 is 23.4 Å². The molecule has 0 aliphatic rings. The smallest absolute Gasteiger partial charge is 0.306 e. The van der Waals surface area contributed by atoms with Gasteiger partial charge in [-0.15, -0.1) is 0 Å². The van der Waals surface area contributed by atoms with Crippen molar-refractivity contribution in [3.8, 4) is 5.75 Å². The molecule has 0 saturated heterocycles. The Labute approximate surface area is 183 Å². The zero-order chi connectivity index (χ0) is 22.8. The van der Waals surface area contributed by atoms with Gasteiger partial charge in [-0.05, 0) is 36.8 Å². The van der Waals surface area contributed by atoms with E-state index in [-0.39, 0.29) is 35.0 Å². The molecule has 0 aliphatic heterocycles. The number of amides is 1. The van der Waals surface area contributed by atoms with Crippen molar-refractivity contribution >= 4 is 40.6 Å². The quantitative estimate of drug-likeness (QED) is 0.236. The Bertz CT molecular complexity index is 961. The van der Waals surface area contributed by atoms with Crippen LogP contribution in [0.5, 0.6) is 5.75 Å². The molecule has 0 radical (unpaired) electrons. The molecule has 2 rings (SSSR count). The van der Waals surface area contributed by atoms with Crippen molar-refractivity contribution in [3.05, 3.63) is 63.2 Å². The fourth-order valence-electron chi connectivity index (χ4n) is 2.44. The number of anilines is 1. The van der Waals surface area contributed by atoms with Crippen molar-refractivity contribution in [3.63, 3.8) is 0 Å². The molecule has 0 heterocycles. The molecule has 0 aromatic heterocycles. The second kappa shape index (κ2) is 11.7. The monoisotopic (exact) mass is 448 g/mol. The van der Waals surface area contributed by atoms with Gasteiger partial charge in [0.25, 0.3) is 11.6 Å². The maximum Gasteiger partial charge on any atom is 0.306 e. The van der Waals surface area contributed by atoms with E-state index in [1.807, 2.05) is 6.92 Å². The number of ether oxygens (including phenoxy) is 2. The third-order valence-electron chi connectivity index (χ3n) is 4.00. The number of carbonyl (C=O) groups is 3. The molecule has 0 saturated carbocycles. The first-order valence-electron chi connectivity index (χ1n) is 9.45. The highest BCUT2D eigenvalue weighted by molar-refractivity contribution is 6.33. The third kappa shape index (κ3) is 7.71. The molecule has 0 fully saturated rings. The summed E-state index contributed by atoms with van der Waals surface area (Å²) >= 11 is 5.89. The number of benzene rings is 2. The average Bonchev–Trinajstić information content (AvgIpc) is 2.76. The van der Waals surface area contributed by atoms with E-state index in [0.717, 1.165) is 12.5 Å². The highest BCUT2D eigenvalue weighted by Gasteiger charge is 2.15. The van der Waals surface area contributed by atoms with Crippen LogP contribution >= 0.6 is 11.6 Å². The Balaban J connectivity index is 1.77. The van der Waals surface area contributed by atoms with E-state index in [1.165, 1.54) is 12.1 Å². The molecular formula is C21H21ClN2O7. The Kier molecular flexibility index (Phi) is 8.95. The van der Waals surface area contributed by atoms with Crippen molar-refractivity contribution in [1.82, 2.24) is 0 Å². The number of carbonyl (C=O) groups excluding carboxylic acids is 3. The molecule has 1 amide bonds. The predicted molar refractivity (Wildman–Crippen MR) is 113 cm³/mol. The van der Waals surface area contributed by atoms with E-state index in [1.54, 1.807) is 24.3 Å². The number of nitrogens with zero attached hydrogens (tertiary/aromatic N) is 1. The van der Waals surface area contributed by atoms with Crippen LogP contribution in [0.4, 0.5) is 11.4 Å². The van der Waals surface area contributed by atoms with Crippen molar-refractivity contribution in [1.29, 1.82) is 0 Å². The van der Waals surface area contributed by atoms with Gasteiger partial charge < -0.3 is 14.8 Å². The van der Waals surface area contributed by atoms with Gasteiger partial charge in [-0.1, -0.05) is 18.5 Å². The van der Waals surface area contributed by atoms with Crippen LogP contribution in [0.1, 0.15) is 36.5 Å². The number of nitrogens with one attached hydrogen (secondary N) is 1. The summed E-state index contributed by atoms with van der Waals surface area (Å²) in [7, 11) is 0. The van der Waals surface area contributed by atoms with E-state index in [0.29, 0.717) is 17.9 Å². The van der Waals surface area contributed by atoms with E-state index >= 15 is 0 Å². The molecule has 0 atom stereocenters. The zero-order valence-corrected chi connectivity index (χ0v) is 17.5. The van der Waals surface area contributed by atoms with Gasteiger partial charge in [0.1, 0.15) is 5.75 Å². The fraction of sp³-hybridized carbons (Fsp3) is 0.286. The second-order valence-electron chi connectivity index (χ2n) is 6.43. The minimum atomic E-state index is -0.725. The summed E-state index contributed by atoms with van der Waals surface area (Å²) in [5, 5.41) is 13.2. The first kappa shape index (κ1) is 23.8. The average molecular weight is 449 g/mol. The van der Waals surface area contributed by atoms with Crippen LogP contribution in [0.3, 0.4) is 0 Å². The van der Waals surface area contributed by atoms with E-state index in [4.69, 9.17) is 21.1 Å². The summed E-state index contributed by atoms with van der Waals surface area (Å²) in [6.07, 6.45) is 0.600. The molecule has 10 heteroatoms. The van der Waals surface area contributed by atoms with Crippen molar-refractivity contribution in [2.24, 2.45) is 0 Å². The molecule has 164 valence electrons. The van der Waals surface area contributed by atoms with Crippen LogP contribution in [0.15, 0.2) is 42.5 Å². The fourth-order valence-corrected chi connectivity index (χ4v) is 2.61. The van der Waals surface area contributed by atoms with Gasteiger partial charge in [-0.3, -0.25) is 24.5 Å². The second-order valence-corrected chi connectivity index (χ2v) is 6.83. The summed E-state index contributed by atoms with van der Waals surface area (Å²) in [6, 6.07) is 10.2. The van der Waals surface area contributed by atoms with Crippen molar-refractivity contribution in [2.75, 3.05) is 18.5 Å². The maximum atomic E-state index is 12.2. The minimum absolute atomic E-state index is 0.0263. The molecule has 0 unspecified atom stereocenters. The number of halogens is 1. The van der Waals surface area contributed by atoms with Gasteiger partial charge in [-0.2, -0.15) is 0 Å². The first-order chi connectivity index (χ1) is 14.8. The molecule has 31 heavy (non-hydrogen) atoms. The highest BCUT2D eigenvalue weighted by atomic mass is 35.5. The maximum absolute atomic E-state index is 12.2. The number of Topliss-reactive ketones (excluding diaryl/α,β-unsaturated/α-hetero) is 1. The lowest BCUT2D eigenvalue weighted by molar-refractivity contribution is -0.384. The van der Waals surface area contributed by atoms with Gasteiger partial charge in [0.2, 0.25) is 0 Å². The number of nitro groups is 1. The first-order valence-corrected chi connectivity index (χ1v) is 9.83. The largest absolute Gasteiger partial charge is 0.494 e. The predicted octanol–water partition coefficient (Wildman–Crippen LogP) is 4.18. The van der Waals surface area contributed by atoms with Crippen molar-refractivity contribution in [2.45, 2.75) is 26.2 Å². The Hall–Kier alpha value is -3.46. The number of hydrogen-bond acceptors (Lipinski definition) is 7.